The first-order chi connectivity index (χ1) is 13.1. The number of benzene rings is 1. The van der Waals surface area contributed by atoms with E-state index in [-0.39, 0.29) is 0 Å². The second-order valence-corrected chi connectivity index (χ2v) is 9.05. The van der Waals surface area contributed by atoms with Crippen LogP contribution in [0.5, 0.6) is 5.75 Å². The first-order valence-corrected chi connectivity index (χ1v) is 10.7. The number of allylic oxidation sites excluding steroid dienone is 2. The molecule has 0 saturated heterocycles. The average molecular weight is 438 g/mol. The summed E-state index contributed by atoms with van der Waals surface area (Å²) in [7, 11) is 0. The molecule has 1 aliphatic rings. The van der Waals surface area contributed by atoms with E-state index in [1.807, 2.05) is 28.8 Å². The molecule has 3 aromatic rings. The third-order valence-electron chi connectivity index (χ3n) is 4.09. The maximum absolute atomic E-state index is 11.1. The van der Waals surface area contributed by atoms with E-state index < -0.39 is 0 Å². The molecule has 4 nitrogen and oxygen atoms in total. The minimum Gasteiger partial charge on any atom is -0.439 e. The molecule has 0 spiro atoms. The summed E-state index contributed by atoms with van der Waals surface area (Å²) >= 11 is 15.3. The minimum atomic E-state index is 0.301. The van der Waals surface area contributed by atoms with Crippen LogP contribution in [0.15, 0.2) is 41.8 Å². The first kappa shape index (κ1) is 18.5. The molecule has 1 aromatic carbocycles. The van der Waals surface area contributed by atoms with E-state index in [4.69, 9.17) is 27.9 Å². The third kappa shape index (κ3) is 3.75. The molecule has 0 radical (unpaired) electrons. The summed E-state index contributed by atoms with van der Waals surface area (Å²) < 4.78 is 9.65. The number of ether oxygens (including phenoxy) is 1. The monoisotopic (exact) mass is 437 g/mol. The highest BCUT2D eigenvalue weighted by Gasteiger charge is 2.22. The van der Waals surface area contributed by atoms with Gasteiger partial charge < -0.3 is 10.1 Å². The van der Waals surface area contributed by atoms with Crippen LogP contribution in [0.4, 0.5) is 5.69 Å². The number of carbonyl (C=O) groups is 1. The number of carbonyl (C=O) groups excluding carboxylic acids is 1. The fourth-order valence-electron chi connectivity index (χ4n) is 2.82. The number of nitrogens with zero attached hydrogens (tertiary/aromatic N) is 1. The van der Waals surface area contributed by atoms with Gasteiger partial charge in [-0.05, 0) is 36.3 Å². The Morgan fingerprint density at radius 2 is 2.15 bits per heavy atom. The van der Waals surface area contributed by atoms with Gasteiger partial charge in [-0.1, -0.05) is 52.8 Å². The molecule has 138 valence electrons. The number of fused-ring (bicyclic) bond motifs is 2. The molecule has 0 atom stereocenters. The van der Waals surface area contributed by atoms with Crippen LogP contribution in [-0.4, -0.2) is 6.29 Å². The Morgan fingerprint density at radius 1 is 1.30 bits per heavy atom. The highest BCUT2D eigenvalue weighted by atomic mass is 35.5. The van der Waals surface area contributed by atoms with E-state index in [0.29, 0.717) is 17.5 Å². The quantitative estimate of drug-likeness (QED) is 0.399. The Labute approximate surface area is 174 Å². The van der Waals surface area contributed by atoms with E-state index >= 15 is 0 Å². The maximum Gasteiger partial charge on any atom is 0.282 e. The summed E-state index contributed by atoms with van der Waals surface area (Å²) in [6.07, 6.45) is 5.78. The number of hydrogen-bond donors (Lipinski definition) is 1. The van der Waals surface area contributed by atoms with Crippen LogP contribution >= 0.6 is 45.9 Å². The van der Waals surface area contributed by atoms with Crippen molar-refractivity contribution in [2.75, 3.05) is 5.32 Å². The lowest BCUT2D eigenvalue weighted by Crippen LogP contribution is -2.35. The number of rotatable bonds is 5. The van der Waals surface area contributed by atoms with Gasteiger partial charge in [-0.15, -0.1) is 0 Å². The molecule has 0 fully saturated rings. The molecule has 0 aliphatic carbocycles. The number of aromatic nitrogens is 1. The first-order valence-electron chi connectivity index (χ1n) is 8.29. The van der Waals surface area contributed by atoms with Gasteiger partial charge in [-0.2, -0.15) is 4.57 Å². The van der Waals surface area contributed by atoms with E-state index in [1.165, 1.54) is 11.3 Å². The standard InChI is InChI=1S/C19H14Cl2N2O2S2/c1-2-11(7-17-22-13-9-12(20)3-4-14(13)25-17)8-18-23(5-6-24)19-15(26-18)10-16(21)27-19/h3-4,6-10H,2,5H2,1H3/p+1. The Bertz CT molecular complexity index is 1100. The van der Waals surface area contributed by atoms with E-state index in [9.17, 15) is 4.79 Å². The zero-order chi connectivity index (χ0) is 19.0. The van der Waals surface area contributed by atoms with Crippen LogP contribution < -0.4 is 14.6 Å². The van der Waals surface area contributed by atoms with Gasteiger partial charge in [0.15, 0.2) is 17.9 Å². The van der Waals surface area contributed by atoms with Crippen LogP contribution in [-0.2, 0) is 11.3 Å². The van der Waals surface area contributed by atoms with Gasteiger partial charge >= 0.3 is 0 Å². The normalized spacial score (nSPS) is 15.1. The van der Waals surface area contributed by atoms with Gasteiger partial charge in [0.1, 0.15) is 9.04 Å². The van der Waals surface area contributed by atoms with Crippen molar-refractivity contribution in [3.63, 3.8) is 0 Å². The molecule has 0 bridgehead atoms. The molecule has 8 heteroatoms. The molecular formula is C19H15Cl2N2O2S2+. The fraction of sp³-hybridized carbons (Fsp3) is 0.158. The van der Waals surface area contributed by atoms with Crippen molar-refractivity contribution in [3.05, 3.63) is 56.2 Å². The predicted octanol–water partition coefficient (Wildman–Crippen LogP) is 5.90. The summed E-state index contributed by atoms with van der Waals surface area (Å²) in [5, 5.41) is 4.90. The number of thiazole rings is 1. The number of anilines is 1. The Morgan fingerprint density at radius 3 is 2.93 bits per heavy atom. The number of nitrogens with one attached hydrogen (secondary N) is 1. The van der Waals surface area contributed by atoms with Gasteiger partial charge in [0.25, 0.3) is 9.84 Å². The Kier molecular flexibility index (Phi) is 5.23. The van der Waals surface area contributed by atoms with Crippen molar-refractivity contribution >= 4 is 73.5 Å². The highest BCUT2D eigenvalue weighted by molar-refractivity contribution is 7.28. The van der Waals surface area contributed by atoms with Crippen molar-refractivity contribution in [2.45, 2.75) is 19.9 Å². The number of aldehydes is 1. The van der Waals surface area contributed by atoms with Crippen molar-refractivity contribution in [2.24, 2.45) is 0 Å². The van der Waals surface area contributed by atoms with Crippen LogP contribution in [0.1, 0.15) is 18.4 Å². The Balaban J connectivity index is 1.68. The lowest BCUT2D eigenvalue weighted by atomic mass is 10.2. The lowest BCUT2D eigenvalue weighted by molar-refractivity contribution is -0.652. The summed E-state index contributed by atoms with van der Waals surface area (Å²) in [6, 6.07) is 7.42. The number of thiophene rings is 1. The zero-order valence-corrected chi connectivity index (χ0v) is 17.4. The zero-order valence-electron chi connectivity index (χ0n) is 14.3. The molecule has 27 heavy (non-hydrogen) atoms. The van der Waals surface area contributed by atoms with Gasteiger partial charge in [0, 0.05) is 17.2 Å². The van der Waals surface area contributed by atoms with E-state index in [0.717, 1.165) is 48.6 Å². The maximum atomic E-state index is 11.1. The smallest absolute Gasteiger partial charge is 0.282 e. The molecule has 4 rings (SSSR count). The van der Waals surface area contributed by atoms with Crippen molar-refractivity contribution in [1.29, 1.82) is 0 Å². The summed E-state index contributed by atoms with van der Waals surface area (Å²) in [6.45, 7) is 2.38. The summed E-state index contributed by atoms with van der Waals surface area (Å²) in [5.74, 6) is 1.41. The SMILES string of the molecule is CCC(=Cc1sc2cc(Cl)sc2[n+]1CC=O)C=C1Nc2cc(Cl)ccc2O1. The van der Waals surface area contributed by atoms with E-state index in [2.05, 4.69) is 18.3 Å². The van der Waals surface area contributed by atoms with Crippen molar-refractivity contribution in [1.82, 2.24) is 0 Å². The van der Waals surface area contributed by atoms with Crippen LogP contribution in [0.25, 0.3) is 15.6 Å². The van der Waals surface area contributed by atoms with Gasteiger partial charge in [0.05, 0.1) is 5.69 Å². The molecule has 1 N–H and O–H groups in total. The highest BCUT2D eigenvalue weighted by Crippen LogP contribution is 2.36. The molecule has 0 unspecified atom stereocenters. The number of hydrogen-bond acceptors (Lipinski definition) is 5. The molecule has 0 amide bonds. The van der Waals surface area contributed by atoms with Crippen LogP contribution in [0.3, 0.4) is 0 Å². The minimum absolute atomic E-state index is 0.301. The number of halogens is 2. The van der Waals surface area contributed by atoms with Gasteiger partial charge in [-0.3, -0.25) is 4.79 Å². The topological polar surface area (TPSA) is 42.2 Å². The van der Waals surface area contributed by atoms with Gasteiger partial charge in [0.2, 0.25) is 6.54 Å². The van der Waals surface area contributed by atoms with Crippen molar-refractivity contribution < 1.29 is 14.1 Å². The molecular weight excluding hydrogens is 423 g/mol. The third-order valence-corrected chi connectivity index (χ3v) is 6.82. The lowest BCUT2D eigenvalue weighted by Gasteiger charge is -2.01. The second-order valence-electron chi connectivity index (χ2n) is 5.89. The molecule has 1 aliphatic heterocycles. The fourth-order valence-corrected chi connectivity index (χ4v) is 5.66. The Hall–Kier alpha value is -1.86. The van der Waals surface area contributed by atoms with Gasteiger partial charge in [-0.25, -0.2) is 0 Å². The summed E-state index contributed by atoms with van der Waals surface area (Å²) in [5.41, 5.74) is 1.93. The largest absolute Gasteiger partial charge is 0.439 e. The predicted molar refractivity (Wildman–Crippen MR) is 113 cm³/mol. The van der Waals surface area contributed by atoms with E-state index in [1.54, 1.807) is 17.4 Å². The molecule has 0 saturated carbocycles. The van der Waals surface area contributed by atoms with Crippen molar-refractivity contribution in [3.8, 4) is 5.75 Å². The van der Waals surface area contributed by atoms with Crippen LogP contribution in [0, 0.1) is 0 Å². The summed E-state index contributed by atoms with van der Waals surface area (Å²) in [4.78, 5) is 12.2. The molecule has 2 aromatic heterocycles. The molecule has 3 heterocycles. The van der Waals surface area contributed by atoms with Crippen LogP contribution in [0.2, 0.25) is 9.36 Å². The average Bonchev–Trinajstić information content (AvgIpc) is 3.28. The second kappa shape index (κ2) is 7.64.